The summed E-state index contributed by atoms with van der Waals surface area (Å²) in [4.78, 5) is 33.0. The molecule has 8 nitrogen and oxygen atoms in total. The second-order valence-corrected chi connectivity index (χ2v) is 12.3. The highest BCUT2D eigenvalue weighted by atomic mass is 19.4. The van der Waals surface area contributed by atoms with Crippen molar-refractivity contribution in [3.8, 4) is 17.0 Å². The SMILES string of the molecule is COC(=O)[C@]1(C)C[C@@H](O)CN1C(=O)c1ccc(-c2ccc(OCC3CCN(CC4(C(F)(F)F)CCC4)CC3)cn2)cc1F. The number of nitrogens with zero attached hydrogens (tertiary/aromatic N) is 3. The second kappa shape index (κ2) is 12.0. The van der Waals surface area contributed by atoms with Crippen molar-refractivity contribution in [3.05, 3.63) is 47.9 Å². The van der Waals surface area contributed by atoms with E-state index in [9.17, 15) is 27.9 Å². The molecule has 1 amide bonds. The normalized spacial score (nSPS) is 24.4. The number of aliphatic hydroxyl groups is 1. The summed E-state index contributed by atoms with van der Waals surface area (Å²) >= 11 is 0. The van der Waals surface area contributed by atoms with Gasteiger partial charge in [-0.15, -0.1) is 0 Å². The van der Waals surface area contributed by atoms with Crippen LogP contribution in [0.2, 0.25) is 0 Å². The number of rotatable bonds is 8. The molecule has 3 fully saturated rings. The first-order valence-electron chi connectivity index (χ1n) is 14.6. The summed E-state index contributed by atoms with van der Waals surface area (Å²) in [5.74, 6) is -1.44. The molecule has 3 aliphatic rings. The molecule has 0 unspecified atom stereocenters. The van der Waals surface area contributed by atoms with E-state index >= 15 is 4.39 Å². The summed E-state index contributed by atoms with van der Waals surface area (Å²) in [6.45, 7) is 3.12. The average molecular weight is 608 g/mol. The zero-order valence-electron chi connectivity index (χ0n) is 24.3. The van der Waals surface area contributed by atoms with Crippen LogP contribution in [-0.4, -0.2) is 89.5 Å². The number of carbonyl (C=O) groups excluding carboxylic acids is 2. The monoisotopic (exact) mass is 607 g/mol. The summed E-state index contributed by atoms with van der Waals surface area (Å²) in [6, 6.07) is 7.47. The Kier molecular flexibility index (Phi) is 8.72. The highest BCUT2D eigenvalue weighted by Gasteiger charge is 2.58. The predicted octanol–water partition coefficient (Wildman–Crippen LogP) is 4.85. The molecule has 0 spiro atoms. The first-order chi connectivity index (χ1) is 20.3. The maximum absolute atomic E-state index is 15.1. The van der Waals surface area contributed by atoms with Gasteiger partial charge >= 0.3 is 12.1 Å². The van der Waals surface area contributed by atoms with Gasteiger partial charge in [-0.1, -0.05) is 12.5 Å². The maximum Gasteiger partial charge on any atom is 0.395 e. The zero-order valence-corrected chi connectivity index (χ0v) is 24.3. The van der Waals surface area contributed by atoms with Crippen LogP contribution in [0.5, 0.6) is 5.75 Å². The van der Waals surface area contributed by atoms with Gasteiger partial charge in [0.05, 0.1) is 42.7 Å². The fourth-order valence-corrected chi connectivity index (χ4v) is 6.48. The zero-order chi connectivity index (χ0) is 31.0. The molecular formula is C31H37F4N3O5. The van der Waals surface area contributed by atoms with Crippen LogP contribution in [-0.2, 0) is 9.53 Å². The van der Waals surface area contributed by atoms with Gasteiger partial charge in [0, 0.05) is 25.1 Å². The number of esters is 1. The Hall–Kier alpha value is -3.25. The van der Waals surface area contributed by atoms with E-state index in [1.54, 1.807) is 18.2 Å². The van der Waals surface area contributed by atoms with Gasteiger partial charge in [0.25, 0.3) is 5.91 Å². The van der Waals surface area contributed by atoms with Crippen molar-refractivity contribution >= 4 is 11.9 Å². The fraction of sp³-hybridized carbons (Fsp3) is 0.581. The van der Waals surface area contributed by atoms with E-state index in [0.717, 1.165) is 17.7 Å². The molecule has 43 heavy (non-hydrogen) atoms. The minimum absolute atomic E-state index is 0.00869. The molecule has 1 saturated carbocycles. The first kappa shape index (κ1) is 31.2. The average Bonchev–Trinajstić information content (AvgIpc) is 3.28. The molecule has 0 radical (unpaired) electrons. The van der Waals surface area contributed by atoms with Crippen molar-refractivity contribution in [1.29, 1.82) is 0 Å². The Morgan fingerprint density at radius 2 is 1.86 bits per heavy atom. The molecule has 2 atom stereocenters. The van der Waals surface area contributed by atoms with Crippen molar-refractivity contribution in [3.63, 3.8) is 0 Å². The van der Waals surface area contributed by atoms with Crippen molar-refractivity contribution in [2.24, 2.45) is 11.3 Å². The highest BCUT2D eigenvalue weighted by molar-refractivity contribution is 5.99. The van der Waals surface area contributed by atoms with E-state index in [4.69, 9.17) is 9.47 Å². The number of halogens is 4. The largest absolute Gasteiger partial charge is 0.492 e. The maximum atomic E-state index is 15.1. The molecule has 3 heterocycles. The summed E-state index contributed by atoms with van der Waals surface area (Å²) < 4.78 is 66.4. The third-order valence-corrected chi connectivity index (χ3v) is 9.36. The Morgan fingerprint density at radius 1 is 1.14 bits per heavy atom. The van der Waals surface area contributed by atoms with Crippen LogP contribution in [0.25, 0.3) is 11.3 Å². The summed E-state index contributed by atoms with van der Waals surface area (Å²) in [5, 5.41) is 10.1. The standard InChI is InChI=1S/C31H37F4N3O5/c1-29(28(41)42-2)15-22(39)17-38(29)27(40)24-6-4-21(14-25(24)32)26-7-5-23(16-36-26)43-18-20-8-12-37(13-9-20)19-30(10-3-11-30)31(33,34)35/h4-7,14,16,20,22,39H,3,8-13,15,17-19H2,1-2H3/t22-,29+/m1/s1. The number of hydrogen-bond acceptors (Lipinski definition) is 7. The van der Waals surface area contributed by atoms with Crippen molar-refractivity contribution in [2.45, 2.75) is 63.3 Å². The lowest BCUT2D eigenvalue weighted by molar-refractivity contribution is -0.256. The van der Waals surface area contributed by atoms with Crippen LogP contribution in [0.1, 0.15) is 55.8 Å². The van der Waals surface area contributed by atoms with Gasteiger partial charge in [-0.2, -0.15) is 13.2 Å². The Bertz CT molecular complexity index is 1330. The molecule has 1 N–H and O–H groups in total. The molecule has 1 aliphatic carbocycles. The lowest BCUT2D eigenvalue weighted by atomic mass is 9.67. The first-order valence-corrected chi connectivity index (χ1v) is 14.6. The number of likely N-dealkylation sites (tertiary alicyclic amines) is 2. The number of aliphatic hydroxyl groups excluding tert-OH is 1. The van der Waals surface area contributed by atoms with E-state index in [1.165, 1.54) is 32.4 Å². The number of β-amino-alcohol motifs (C(OH)–C–C–N with tert-alkyl or cyclic N) is 1. The molecule has 5 rings (SSSR count). The number of hydrogen-bond donors (Lipinski definition) is 1. The van der Waals surface area contributed by atoms with Crippen LogP contribution >= 0.6 is 0 Å². The van der Waals surface area contributed by atoms with Gasteiger partial charge in [-0.25, -0.2) is 9.18 Å². The lowest BCUT2D eigenvalue weighted by Gasteiger charge is -2.47. The topological polar surface area (TPSA) is 92.2 Å². The second-order valence-electron chi connectivity index (χ2n) is 12.3. The van der Waals surface area contributed by atoms with Crippen molar-refractivity contribution in [2.75, 3.05) is 39.9 Å². The van der Waals surface area contributed by atoms with Gasteiger partial charge in [0.15, 0.2) is 0 Å². The molecular weight excluding hydrogens is 570 g/mol. The van der Waals surface area contributed by atoms with Gasteiger partial charge in [-0.05, 0) is 75.9 Å². The third kappa shape index (κ3) is 6.22. The number of piperidine rings is 1. The lowest BCUT2D eigenvalue weighted by Crippen LogP contribution is -2.53. The van der Waals surface area contributed by atoms with E-state index in [0.29, 0.717) is 43.1 Å². The summed E-state index contributed by atoms with van der Waals surface area (Å²) in [6.07, 6.45) is -0.965. The number of carbonyl (C=O) groups is 2. The molecule has 2 aliphatic heterocycles. The van der Waals surface area contributed by atoms with Crippen molar-refractivity contribution < 1.29 is 41.7 Å². The molecule has 234 valence electrons. The minimum Gasteiger partial charge on any atom is -0.492 e. The van der Waals surface area contributed by atoms with Crippen LogP contribution in [0.4, 0.5) is 17.6 Å². The van der Waals surface area contributed by atoms with Gasteiger partial charge in [0.1, 0.15) is 17.1 Å². The molecule has 1 aromatic heterocycles. The quantitative estimate of drug-likeness (QED) is 0.339. The van der Waals surface area contributed by atoms with E-state index in [2.05, 4.69) is 4.98 Å². The smallest absolute Gasteiger partial charge is 0.395 e. The van der Waals surface area contributed by atoms with Crippen LogP contribution in [0.15, 0.2) is 36.5 Å². The number of amides is 1. The number of pyridine rings is 1. The molecule has 2 saturated heterocycles. The number of benzene rings is 1. The van der Waals surface area contributed by atoms with Crippen LogP contribution in [0.3, 0.4) is 0 Å². The van der Waals surface area contributed by atoms with E-state index in [1.807, 2.05) is 4.90 Å². The van der Waals surface area contributed by atoms with E-state index in [-0.39, 0.29) is 43.8 Å². The molecule has 2 aromatic rings. The minimum atomic E-state index is -4.15. The van der Waals surface area contributed by atoms with Gasteiger partial charge < -0.3 is 24.4 Å². The number of aromatic nitrogens is 1. The van der Waals surface area contributed by atoms with Gasteiger partial charge in [0.2, 0.25) is 0 Å². The number of ether oxygens (including phenoxy) is 2. The molecule has 12 heteroatoms. The third-order valence-electron chi connectivity index (χ3n) is 9.36. The van der Waals surface area contributed by atoms with Gasteiger partial charge in [-0.3, -0.25) is 9.78 Å². The highest BCUT2D eigenvalue weighted by Crippen LogP contribution is 2.53. The Balaban J connectivity index is 1.15. The molecule has 1 aromatic carbocycles. The summed E-state index contributed by atoms with van der Waals surface area (Å²) in [7, 11) is 1.19. The van der Waals surface area contributed by atoms with Crippen LogP contribution in [0, 0.1) is 17.2 Å². The van der Waals surface area contributed by atoms with Crippen molar-refractivity contribution in [1.82, 2.24) is 14.8 Å². The number of methoxy groups -OCH3 is 1. The predicted molar refractivity (Wildman–Crippen MR) is 149 cm³/mol. The Morgan fingerprint density at radius 3 is 2.42 bits per heavy atom. The Labute approximate surface area is 248 Å². The summed E-state index contributed by atoms with van der Waals surface area (Å²) in [5.41, 5.74) is -2.28. The molecule has 0 bridgehead atoms. The van der Waals surface area contributed by atoms with Crippen LogP contribution < -0.4 is 4.74 Å². The fourth-order valence-electron chi connectivity index (χ4n) is 6.48. The number of alkyl halides is 3. The van der Waals surface area contributed by atoms with E-state index < -0.39 is 40.9 Å².